The summed E-state index contributed by atoms with van der Waals surface area (Å²) in [4.78, 5) is 0. The van der Waals surface area contributed by atoms with E-state index >= 15 is 0 Å². The van der Waals surface area contributed by atoms with Gasteiger partial charge in [-0.05, 0) is 49.4 Å². The minimum Gasteiger partial charge on any atom is -0.375 e. The third-order valence-corrected chi connectivity index (χ3v) is 5.48. The van der Waals surface area contributed by atoms with Gasteiger partial charge in [-0.2, -0.15) is 0 Å². The van der Waals surface area contributed by atoms with E-state index in [0.717, 1.165) is 32.1 Å². The smallest absolute Gasteiger partial charge is 0.0587 e. The molecule has 0 bridgehead atoms. The molecule has 6 unspecified atom stereocenters. The highest BCUT2D eigenvalue weighted by Crippen LogP contribution is 2.40. The molecule has 2 rings (SSSR count). The quantitative estimate of drug-likeness (QED) is 0.809. The predicted octanol–water partition coefficient (Wildman–Crippen LogP) is 2.67. The lowest BCUT2D eigenvalue weighted by Gasteiger charge is -2.45. The summed E-state index contributed by atoms with van der Waals surface area (Å²) in [5, 5.41) is 0. The molecule has 0 aromatic carbocycles. The Kier molecular flexibility index (Phi) is 4.59. The Morgan fingerprint density at radius 3 is 2.16 bits per heavy atom. The van der Waals surface area contributed by atoms with Crippen molar-refractivity contribution in [3.05, 3.63) is 0 Å². The van der Waals surface area contributed by atoms with Gasteiger partial charge in [-0.15, -0.1) is 0 Å². The van der Waals surface area contributed by atoms with Gasteiger partial charge in [0, 0.05) is 12.1 Å². The molecule has 0 aromatic rings. The molecule has 0 saturated heterocycles. The van der Waals surface area contributed by atoms with E-state index in [2.05, 4.69) is 27.7 Å². The SMILES string of the molecule is CC1CC(OC2CC(C)C(N)C(C)(C)C2)CCC1N. The fourth-order valence-electron chi connectivity index (χ4n) is 4.01. The summed E-state index contributed by atoms with van der Waals surface area (Å²) in [5.74, 6) is 1.15. The van der Waals surface area contributed by atoms with Crippen LogP contribution in [0.1, 0.15) is 59.8 Å². The summed E-state index contributed by atoms with van der Waals surface area (Å²) >= 11 is 0. The molecule has 2 fully saturated rings. The predicted molar refractivity (Wildman–Crippen MR) is 79.8 cm³/mol. The van der Waals surface area contributed by atoms with E-state index in [1.807, 2.05) is 0 Å². The van der Waals surface area contributed by atoms with Crippen LogP contribution in [0.3, 0.4) is 0 Å². The van der Waals surface area contributed by atoms with Gasteiger partial charge in [-0.1, -0.05) is 27.7 Å². The van der Waals surface area contributed by atoms with E-state index in [9.17, 15) is 0 Å². The minimum atomic E-state index is 0.193. The van der Waals surface area contributed by atoms with Crippen LogP contribution >= 0.6 is 0 Å². The summed E-state index contributed by atoms with van der Waals surface area (Å²) in [6.45, 7) is 9.08. The second kappa shape index (κ2) is 5.71. The van der Waals surface area contributed by atoms with Crippen molar-refractivity contribution in [2.24, 2.45) is 28.7 Å². The van der Waals surface area contributed by atoms with Crippen LogP contribution in [-0.2, 0) is 4.74 Å². The van der Waals surface area contributed by atoms with Crippen molar-refractivity contribution in [2.45, 2.75) is 84.1 Å². The molecule has 3 heteroatoms. The van der Waals surface area contributed by atoms with E-state index < -0.39 is 0 Å². The number of ether oxygens (including phenoxy) is 1. The molecular formula is C16H32N2O. The summed E-state index contributed by atoms with van der Waals surface area (Å²) in [5.41, 5.74) is 12.6. The van der Waals surface area contributed by atoms with E-state index in [4.69, 9.17) is 16.2 Å². The lowest BCUT2D eigenvalue weighted by molar-refractivity contribution is -0.0890. The number of hydrogen-bond acceptors (Lipinski definition) is 3. The molecule has 0 aromatic heterocycles. The number of hydrogen-bond donors (Lipinski definition) is 2. The standard InChI is InChI=1S/C16H32N2O/c1-10-7-12(5-6-14(10)17)19-13-8-11(2)15(18)16(3,4)9-13/h10-15H,5-9,17-18H2,1-4H3. The minimum absolute atomic E-state index is 0.193. The molecule has 3 nitrogen and oxygen atoms in total. The summed E-state index contributed by atoms with van der Waals surface area (Å²) in [7, 11) is 0. The maximum absolute atomic E-state index is 6.39. The van der Waals surface area contributed by atoms with Crippen LogP contribution in [0.15, 0.2) is 0 Å². The van der Waals surface area contributed by atoms with Crippen LogP contribution < -0.4 is 11.5 Å². The van der Waals surface area contributed by atoms with Crippen molar-refractivity contribution in [2.75, 3.05) is 0 Å². The van der Waals surface area contributed by atoms with E-state index in [1.165, 1.54) is 0 Å². The van der Waals surface area contributed by atoms with Crippen molar-refractivity contribution < 1.29 is 4.74 Å². The highest BCUT2D eigenvalue weighted by Gasteiger charge is 2.40. The topological polar surface area (TPSA) is 61.3 Å². The fourth-order valence-corrected chi connectivity index (χ4v) is 4.01. The van der Waals surface area contributed by atoms with Crippen molar-refractivity contribution in [1.29, 1.82) is 0 Å². The molecule has 0 spiro atoms. The maximum Gasteiger partial charge on any atom is 0.0587 e. The summed E-state index contributed by atoms with van der Waals surface area (Å²) < 4.78 is 6.39. The molecule has 2 saturated carbocycles. The monoisotopic (exact) mass is 268 g/mol. The van der Waals surface area contributed by atoms with Crippen LogP contribution in [0.4, 0.5) is 0 Å². The number of rotatable bonds is 2. The molecule has 112 valence electrons. The van der Waals surface area contributed by atoms with Crippen LogP contribution in [0, 0.1) is 17.3 Å². The third kappa shape index (κ3) is 3.50. The highest BCUT2D eigenvalue weighted by molar-refractivity contribution is 4.94. The lowest BCUT2D eigenvalue weighted by Crippen LogP contribution is -2.50. The molecule has 19 heavy (non-hydrogen) atoms. The highest BCUT2D eigenvalue weighted by atomic mass is 16.5. The van der Waals surface area contributed by atoms with Crippen molar-refractivity contribution >= 4 is 0 Å². The Bertz CT molecular complexity index is 305. The molecule has 0 aliphatic heterocycles. The molecule has 2 aliphatic rings. The normalized spacial score (nSPS) is 47.1. The van der Waals surface area contributed by atoms with Crippen LogP contribution in [0.5, 0.6) is 0 Å². The zero-order valence-electron chi connectivity index (χ0n) is 13.1. The van der Waals surface area contributed by atoms with Crippen LogP contribution in [-0.4, -0.2) is 24.3 Å². The third-order valence-electron chi connectivity index (χ3n) is 5.48. The molecule has 6 atom stereocenters. The van der Waals surface area contributed by atoms with Gasteiger partial charge in [0.15, 0.2) is 0 Å². The molecular weight excluding hydrogens is 236 g/mol. The van der Waals surface area contributed by atoms with Crippen LogP contribution in [0.25, 0.3) is 0 Å². The average molecular weight is 268 g/mol. The molecule has 0 amide bonds. The Hall–Kier alpha value is -0.120. The van der Waals surface area contributed by atoms with Gasteiger partial charge in [0.25, 0.3) is 0 Å². The Balaban J connectivity index is 1.89. The first-order valence-corrected chi connectivity index (χ1v) is 7.96. The van der Waals surface area contributed by atoms with Crippen LogP contribution in [0.2, 0.25) is 0 Å². The van der Waals surface area contributed by atoms with Crippen molar-refractivity contribution in [3.8, 4) is 0 Å². The van der Waals surface area contributed by atoms with Gasteiger partial charge in [-0.3, -0.25) is 0 Å². The Morgan fingerprint density at radius 2 is 1.58 bits per heavy atom. The Morgan fingerprint density at radius 1 is 0.947 bits per heavy atom. The van der Waals surface area contributed by atoms with Gasteiger partial charge in [-0.25, -0.2) is 0 Å². The second-order valence-corrected chi connectivity index (χ2v) is 7.77. The zero-order valence-corrected chi connectivity index (χ0v) is 13.1. The molecule has 0 radical (unpaired) electrons. The zero-order chi connectivity index (χ0) is 14.2. The maximum atomic E-state index is 6.39. The molecule has 0 heterocycles. The first kappa shape index (κ1) is 15.3. The summed E-state index contributed by atoms with van der Waals surface area (Å²) in [6, 6.07) is 0.668. The largest absolute Gasteiger partial charge is 0.375 e. The van der Waals surface area contributed by atoms with Crippen molar-refractivity contribution in [1.82, 2.24) is 0 Å². The van der Waals surface area contributed by atoms with E-state index in [0.29, 0.717) is 36.1 Å². The summed E-state index contributed by atoms with van der Waals surface area (Å²) in [6.07, 6.45) is 6.36. The number of nitrogens with two attached hydrogens (primary N) is 2. The molecule has 2 aliphatic carbocycles. The Labute approximate surface area is 118 Å². The lowest BCUT2D eigenvalue weighted by atomic mass is 9.67. The fraction of sp³-hybridized carbons (Fsp3) is 1.00. The van der Waals surface area contributed by atoms with Gasteiger partial charge < -0.3 is 16.2 Å². The van der Waals surface area contributed by atoms with E-state index in [1.54, 1.807) is 0 Å². The van der Waals surface area contributed by atoms with Crippen molar-refractivity contribution in [3.63, 3.8) is 0 Å². The first-order valence-electron chi connectivity index (χ1n) is 7.96. The van der Waals surface area contributed by atoms with E-state index in [-0.39, 0.29) is 5.41 Å². The van der Waals surface area contributed by atoms with Gasteiger partial charge in [0.05, 0.1) is 12.2 Å². The second-order valence-electron chi connectivity index (χ2n) is 7.77. The average Bonchev–Trinajstić information content (AvgIpc) is 2.30. The van der Waals surface area contributed by atoms with Gasteiger partial charge in [0.1, 0.15) is 0 Å². The molecule has 4 N–H and O–H groups in total. The van der Waals surface area contributed by atoms with Gasteiger partial charge >= 0.3 is 0 Å². The first-order chi connectivity index (χ1) is 8.79. The van der Waals surface area contributed by atoms with Gasteiger partial charge in [0.2, 0.25) is 0 Å².